The van der Waals surface area contributed by atoms with Crippen LogP contribution in [0.2, 0.25) is 5.15 Å². The predicted octanol–water partition coefficient (Wildman–Crippen LogP) is 2.87. The lowest BCUT2D eigenvalue weighted by molar-refractivity contribution is 0.414. The molecule has 0 fully saturated rings. The van der Waals surface area contributed by atoms with E-state index in [1.807, 2.05) is 24.3 Å². The molecule has 0 saturated carbocycles. The summed E-state index contributed by atoms with van der Waals surface area (Å²) < 4.78 is 18.0. The van der Waals surface area contributed by atoms with Crippen LogP contribution in [0.15, 0.2) is 30.5 Å². The summed E-state index contributed by atoms with van der Waals surface area (Å²) in [4.78, 5) is 7.74. The van der Waals surface area contributed by atoms with Crippen molar-refractivity contribution in [1.29, 1.82) is 0 Å². The summed E-state index contributed by atoms with van der Waals surface area (Å²) >= 11 is 5.59. The van der Waals surface area contributed by atoms with Gasteiger partial charge in [-0.15, -0.1) is 0 Å². The van der Waals surface area contributed by atoms with E-state index in [1.54, 1.807) is 7.11 Å². The Kier molecular flexibility index (Phi) is 3.54. The summed E-state index contributed by atoms with van der Waals surface area (Å²) in [5, 5.41) is -0.155. The molecule has 1 aromatic carbocycles. The van der Waals surface area contributed by atoms with Crippen molar-refractivity contribution in [2.75, 3.05) is 7.11 Å². The van der Waals surface area contributed by atoms with Crippen LogP contribution in [-0.4, -0.2) is 17.1 Å². The molecule has 2 aromatic rings. The molecule has 0 atom stereocenters. The Labute approximate surface area is 103 Å². The maximum absolute atomic E-state index is 12.9. The first-order chi connectivity index (χ1) is 8.19. The standard InChI is InChI=1S/C12H10ClFN2O/c1-17-9-4-2-3-8(5-9)6-11-15-7-10(14)12(13)16-11/h2-5,7H,6H2,1H3. The molecule has 0 radical (unpaired) electrons. The third-order valence-corrected chi connectivity index (χ3v) is 2.51. The molecule has 0 aliphatic carbocycles. The van der Waals surface area contributed by atoms with Crippen molar-refractivity contribution in [3.05, 3.63) is 52.8 Å². The molecule has 88 valence electrons. The molecule has 1 aromatic heterocycles. The van der Waals surface area contributed by atoms with Gasteiger partial charge in [-0.3, -0.25) is 0 Å². The molecule has 17 heavy (non-hydrogen) atoms. The molecule has 0 spiro atoms. The van der Waals surface area contributed by atoms with Crippen molar-refractivity contribution in [1.82, 2.24) is 9.97 Å². The third-order valence-electron chi connectivity index (χ3n) is 2.25. The van der Waals surface area contributed by atoms with Gasteiger partial charge in [0.05, 0.1) is 13.3 Å². The van der Waals surface area contributed by atoms with Gasteiger partial charge in [0.25, 0.3) is 0 Å². The molecule has 0 N–H and O–H groups in total. The second kappa shape index (κ2) is 5.10. The molecule has 2 rings (SSSR count). The Bertz CT molecular complexity index is 534. The summed E-state index contributed by atoms with van der Waals surface area (Å²) in [7, 11) is 1.60. The summed E-state index contributed by atoms with van der Waals surface area (Å²) in [5.74, 6) is 0.626. The van der Waals surface area contributed by atoms with E-state index in [0.717, 1.165) is 17.5 Å². The Morgan fingerprint density at radius 2 is 2.24 bits per heavy atom. The fourth-order valence-corrected chi connectivity index (χ4v) is 1.58. The quantitative estimate of drug-likeness (QED) is 0.788. The van der Waals surface area contributed by atoms with E-state index >= 15 is 0 Å². The van der Waals surface area contributed by atoms with Crippen molar-refractivity contribution >= 4 is 11.6 Å². The average molecular weight is 253 g/mol. The fraction of sp³-hybridized carbons (Fsp3) is 0.167. The van der Waals surface area contributed by atoms with Gasteiger partial charge in [0.1, 0.15) is 11.6 Å². The maximum atomic E-state index is 12.9. The summed E-state index contributed by atoms with van der Waals surface area (Å²) in [6.45, 7) is 0. The second-order valence-corrected chi connectivity index (χ2v) is 3.81. The maximum Gasteiger partial charge on any atom is 0.178 e. The number of rotatable bonds is 3. The molecule has 0 saturated heterocycles. The molecule has 0 unspecified atom stereocenters. The van der Waals surface area contributed by atoms with Gasteiger partial charge < -0.3 is 4.74 Å². The lowest BCUT2D eigenvalue weighted by Gasteiger charge is -2.04. The zero-order chi connectivity index (χ0) is 12.3. The van der Waals surface area contributed by atoms with Crippen LogP contribution < -0.4 is 4.74 Å². The van der Waals surface area contributed by atoms with Gasteiger partial charge in [0.15, 0.2) is 11.0 Å². The monoisotopic (exact) mass is 252 g/mol. The number of halogens is 2. The molecule has 0 aliphatic heterocycles. The van der Waals surface area contributed by atoms with Gasteiger partial charge in [-0.25, -0.2) is 14.4 Å². The van der Waals surface area contributed by atoms with Crippen LogP contribution >= 0.6 is 11.6 Å². The van der Waals surface area contributed by atoms with Gasteiger partial charge in [-0.1, -0.05) is 23.7 Å². The van der Waals surface area contributed by atoms with E-state index in [9.17, 15) is 4.39 Å². The molecule has 1 heterocycles. The minimum atomic E-state index is -0.610. The molecule has 5 heteroatoms. The van der Waals surface area contributed by atoms with Crippen molar-refractivity contribution in [2.45, 2.75) is 6.42 Å². The van der Waals surface area contributed by atoms with Crippen LogP contribution in [0, 0.1) is 5.82 Å². The van der Waals surface area contributed by atoms with E-state index < -0.39 is 5.82 Å². The number of hydrogen-bond donors (Lipinski definition) is 0. The minimum Gasteiger partial charge on any atom is -0.497 e. The number of benzene rings is 1. The van der Waals surface area contributed by atoms with E-state index in [0.29, 0.717) is 12.2 Å². The smallest absolute Gasteiger partial charge is 0.178 e. The van der Waals surface area contributed by atoms with Crippen molar-refractivity contribution in [2.24, 2.45) is 0 Å². The summed E-state index contributed by atoms with van der Waals surface area (Å²) in [6.07, 6.45) is 1.56. The minimum absolute atomic E-state index is 0.155. The Hall–Kier alpha value is -1.68. The average Bonchev–Trinajstić information content (AvgIpc) is 2.34. The molecule has 0 amide bonds. The Morgan fingerprint density at radius 1 is 1.41 bits per heavy atom. The van der Waals surface area contributed by atoms with E-state index in [4.69, 9.17) is 16.3 Å². The van der Waals surface area contributed by atoms with Crippen LogP contribution in [0.1, 0.15) is 11.4 Å². The lowest BCUT2D eigenvalue weighted by atomic mass is 10.1. The zero-order valence-electron chi connectivity index (χ0n) is 9.15. The van der Waals surface area contributed by atoms with E-state index in [-0.39, 0.29) is 5.15 Å². The highest BCUT2D eigenvalue weighted by Crippen LogP contribution is 2.16. The van der Waals surface area contributed by atoms with Crippen LogP contribution in [0.5, 0.6) is 5.75 Å². The van der Waals surface area contributed by atoms with Gasteiger partial charge in [0.2, 0.25) is 0 Å². The topological polar surface area (TPSA) is 35.0 Å². The first-order valence-corrected chi connectivity index (χ1v) is 5.36. The molecule has 0 bridgehead atoms. The molecular formula is C12H10ClFN2O. The number of ether oxygens (including phenoxy) is 1. The van der Waals surface area contributed by atoms with Gasteiger partial charge in [-0.2, -0.15) is 0 Å². The van der Waals surface area contributed by atoms with E-state index in [2.05, 4.69) is 9.97 Å². The highest BCUT2D eigenvalue weighted by Gasteiger charge is 2.05. The summed E-state index contributed by atoms with van der Waals surface area (Å²) in [6, 6.07) is 7.52. The molecule has 0 aliphatic rings. The predicted molar refractivity (Wildman–Crippen MR) is 62.8 cm³/mol. The number of nitrogens with zero attached hydrogens (tertiary/aromatic N) is 2. The van der Waals surface area contributed by atoms with Crippen molar-refractivity contribution in [3.63, 3.8) is 0 Å². The van der Waals surface area contributed by atoms with Gasteiger partial charge in [-0.05, 0) is 17.7 Å². The third kappa shape index (κ3) is 2.91. The van der Waals surface area contributed by atoms with Gasteiger partial charge >= 0.3 is 0 Å². The molecule has 3 nitrogen and oxygen atoms in total. The lowest BCUT2D eigenvalue weighted by Crippen LogP contribution is -1.98. The highest BCUT2D eigenvalue weighted by molar-refractivity contribution is 6.29. The normalized spacial score (nSPS) is 10.3. The SMILES string of the molecule is COc1cccc(Cc2ncc(F)c(Cl)n2)c1. The van der Waals surface area contributed by atoms with Crippen LogP contribution in [0.3, 0.4) is 0 Å². The number of hydrogen-bond acceptors (Lipinski definition) is 3. The van der Waals surface area contributed by atoms with E-state index in [1.165, 1.54) is 0 Å². The number of aromatic nitrogens is 2. The van der Waals surface area contributed by atoms with Crippen molar-refractivity contribution in [3.8, 4) is 5.75 Å². The Morgan fingerprint density at radius 3 is 2.94 bits per heavy atom. The summed E-state index contributed by atoms with van der Waals surface area (Å²) in [5.41, 5.74) is 0.979. The van der Waals surface area contributed by atoms with Crippen LogP contribution in [-0.2, 0) is 6.42 Å². The van der Waals surface area contributed by atoms with Gasteiger partial charge in [0, 0.05) is 6.42 Å². The number of methoxy groups -OCH3 is 1. The second-order valence-electron chi connectivity index (χ2n) is 3.45. The Balaban J connectivity index is 2.22. The molecular weight excluding hydrogens is 243 g/mol. The highest BCUT2D eigenvalue weighted by atomic mass is 35.5. The fourth-order valence-electron chi connectivity index (χ4n) is 1.43. The van der Waals surface area contributed by atoms with Crippen molar-refractivity contribution < 1.29 is 9.13 Å². The van der Waals surface area contributed by atoms with Crippen LogP contribution in [0.25, 0.3) is 0 Å². The zero-order valence-corrected chi connectivity index (χ0v) is 9.91. The first kappa shape index (κ1) is 11.8. The first-order valence-electron chi connectivity index (χ1n) is 4.99. The largest absolute Gasteiger partial charge is 0.497 e. The van der Waals surface area contributed by atoms with Crippen LogP contribution in [0.4, 0.5) is 4.39 Å².